The van der Waals surface area contributed by atoms with Crippen molar-refractivity contribution in [3.05, 3.63) is 29.6 Å². The number of hydrogen-bond donors (Lipinski definition) is 2. The molecule has 3 N–H and O–H groups in total. The quantitative estimate of drug-likeness (QED) is 0.770. The van der Waals surface area contributed by atoms with Crippen molar-refractivity contribution in [1.29, 1.82) is 0 Å². The van der Waals surface area contributed by atoms with Gasteiger partial charge in [-0.3, -0.25) is 14.6 Å². The molecule has 18 heavy (non-hydrogen) atoms. The monoisotopic (exact) mass is 249 g/mol. The van der Waals surface area contributed by atoms with Gasteiger partial charge in [0.1, 0.15) is 5.54 Å². The van der Waals surface area contributed by atoms with Gasteiger partial charge in [0, 0.05) is 30.5 Å². The van der Waals surface area contributed by atoms with Crippen molar-refractivity contribution in [2.24, 2.45) is 5.73 Å². The maximum Gasteiger partial charge on any atom is 0.325 e. The SMILES string of the molecule is Cc1cc(C(=O)N2CCC(N)(C(=O)O)C2)ccn1. The highest BCUT2D eigenvalue weighted by molar-refractivity contribution is 5.95. The van der Waals surface area contributed by atoms with Gasteiger partial charge in [0.2, 0.25) is 0 Å². The number of carboxylic acid groups (broad SMARTS) is 1. The van der Waals surface area contributed by atoms with E-state index >= 15 is 0 Å². The third kappa shape index (κ3) is 2.19. The zero-order chi connectivity index (χ0) is 13.3. The Morgan fingerprint density at radius 2 is 2.28 bits per heavy atom. The number of carbonyl (C=O) groups is 2. The van der Waals surface area contributed by atoms with Gasteiger partial charge in [-0.05, 0) is 25.5 Å². The lowest BCUT2D eigenvalue weighted by Gasteiger charge is -2.20. The normalized spacial score (nSPS) is 23.1. The summed E-state index contributed by atoms with van der Waals surface area (Å²) < 4.78 is 0. The van der Waals surface area contributed by atoms with Crippen LogP contribution in [0.2, 0.25) is 0 Å². The molecular weight excluding hydrogens is 234 g/mol. The summed E-state index contributed by atoms with van der Waals surface area (Å²) in [7, 11) is 0. The van der Waals surface area contributed by atoms with Crippen molar-refractivity contribution in [2.45, 2.75) is 18.9 Å². The lowest BCUT2D eigenvalue weighted by atomic mass is 10.0. The number of pyridine rings is 1. The molecule has 0 saturated carbocycles. The van der Waals surface area contributed by atoms with Gasteiger partial charge in [0.25, 0.3) is 5.91 Å². The van der Waals surface area contributed by atoms with Gasteiger partial charge in [-0.15, -0.1) is 0 Å². The number of rotatable bonds is 2. The highest BCUT2D eigenvalue weighted by Gasteiger charge is 2.43. The van der Waals surface area contributed by atoms with Gasteiger partial charge in [-0.1, -0.05) is 0 Å². The second-order valence-corrected chi connectivity index (χ2v) is 4.62. The zero-order valence-corrected chi connectivity index (χ0v) is 10.1. The van der Waals surface area contributed by atoms with Crippen LogP contribution in [0.4, 0.5) is 0 Å². The number of aromatic nitrogens is 1. The van der Waals surface area contributed by atoms with Crippen LogP contribution in [0.1, 0.15) is 22.5 Å². The van der Waals surface area contributed by atoms with Crippen LogP contribution in [0.15, 0.2) is 18.3 Å². The van der Waals surface area contributed by atoms with Crippen molar-refractivity contribution in [3.63, 3.8) is 0 Å². The number of hydrogen-bond acceptors (Lipinski definition) is 4. The summed E-state index contributed by atoms with van der Waals surface area (Å²) in [5.41, 5.74) is 5.67. The van der Waals surface area contributed by atoms with Gasteiger partial charge < -0.3 is 15.7 Å². The summed E-state index contributed by atoms with van der Waals surface area (Å²) in [6.07, 6.45) is 1.84. The second kappa shape index (κ2) is 4.38. The molecule has 1 aliphatic heterocycles. The summed E-state index contributed by atoms with van der Waals surface area (Å²) in [6, 6.07) is 3.30. The van der Waals surface area contributed by atoms with Crippen molar-refractivity contribution < 1.29 is 14.7 Å². The van der Waals surface area contributed by atoms with E-state index in [2.05, 4.69) is 4.98 Å². The highest BCUT2D eigenvalue weighted by atomic mass is 16.4. The van der Waals surface area contributed by atoms with E-state index in [1.165, 1.54) is 4.90 Å². The minimum Gasteiger partial charge on any atom is -0.480 e. The number of carboxylic acids is 1. The molecule has 96 valence electrons. The molecule has 6 heteroatoms. The van der Waals surface area contributed by atoms with Crippen molar-refractivity contribution >= 4 is 11.9 Å². The summed E-state index contributed by atoms with van der Waals surface area (Å²) in [5, 5.41) is 9.01. The van der Waals surface area contributed by atoms with Gasteiger partial charge >= 0.3 is 5.97 Å². The van der Waals surface area contributed by atoms with Gasteiger partial charge in [-0.25, -0.2) is 0 Å². The molecule has 1 saturated heterocycles. The minimum absolute atomic E-state index is 0.0442. The number of aryl methyl sites for hydroxylation is 1. The van der Waals surface area contributed by atoms with Gasteiger partial charge in [0.05, 0.1) is 0 Å². The molecule has 1 atom stereocenters. The first-order valence-electron chi connectivity index (χ1n) is 5.66. The van der Waals surface area contributed by atoms with Crippen LogP contribution in [0.25, 0.3) is 0 Å². The summed E-state index contributed by atoms with van der Waals surface area (Å²) >= 11 is 0. The van der Waals surface area contributed by atoms with Crippen LogP contribution in [0.5, 0.6) is 0 Å². The molecule has 1 aromatic rings. The highest BCUT2D eigenvalue weighted by Crippen LogP contribution is 2.21. The summed E-state index contributed by atoms with van der Waals surface area (Å²) in [5.74, 6) is -1.27. The van der Waals surface area contributed by atoms with Crippen molar-refractivity contribution in [2.75, 3.05) is 13.1 Å². The van der Waals surface area contributed by atoms with Gasteiger partial charge in [0.15, 0.2) is 0 Å². The predicted molar refractivity (Wildman–Crippen MR) is 64.0 cm³/mol. The third-order valence-corrected chi connectivity index (χ3v) is 3.16. The topological polar surface area (TPSA) is 96.5 Å². The number of carbonyl (C=O) groups excluding carboxylic acids is 1. The molecule has 0 aromatic carbocycles. The van der Waals surface area contributed by atoms with Crippen molar-refractivity contribution in [3.8, 4) is 0 Å². The summed E-state index contributed by atoms with van der Waals surface area (Å²) in [4.78, 5) is 28.7. The van der Waals surface area contributed by atoms with Crippen molar-refractivity contribution in [1.82, 2.24) is 9.88 Å². The molecule has 2 rings (SSSR count). The lowest BCUT2D eigenvalue weighted by molar-refractivity contribution is -0.142. The van der Waals surface area contributed by atoms with Crippen LogP contribution >= 0.6 is 0 Å². The Balaban J connectivity index is 2.15. The first-order chi connectivity index (χ1) is 8.42. The number of nitrogens with two attached hydrogens (primary N) is 1. The van der Waals surface area contributed by atoms with E-state index in [0.29, 0.717) is 12.1 Å². The van der Waals surface area contributed by atoms with Crippen LogP contribution in [0.3, 0.4) is 0 Å². The lowest BCUT2D eigenvalue weighted by Crippen LogP contribution is -2.50. The molecule has 1 amide bonds. The first-order valence-corrected chi connectivity index (χ1v) is 5.66. The van der Waals surface area contributed by atoms with E-state index in [4.69, 9.17) is 10.8 Å². The maximum atomic E-state index is 12.2. The van der Waals surface area contributed by atoms with Crippen LogP contribution in [-0.4, -0.2) is 45.5 Å². The molecule has 1 aliphatic rings. The molecule has 0 bridgehead atoms. The molecule has 0 radical (unpaired) electrons. The first kappa shape index (κ1) is 12.5. The summed E-state index contributed by atoms with van der Waals surface area (Å²) in [6.45, 7) is 2.21. The fourth-order valence-corrected chi connectivity index (χ4v) is 2.04. The second-order valence-electron chi connectivity index (χ2n) is 4.62. The average molecular weight is 249 g/mol. The number of amides is 1. The average Bonchev–Trinajstić information content (AvgIpc) is 2.72. The zero-order valence-electron chi connectivity index (χ0n) is 10.1. The van der Waals surface area contributed by atoms with E-state index < -0.39 is 11.5 Å². The molecule has 1 unspecified atom stereocenters. The third-order valence-electron chi connectivity index (χ3n) is 3.16. The van der Waals surface area contributed by atoms with E-state index in [-0.39, 0.29) is 18.9 Å². The smallest absolute Gasteiger partial charge is 0.325 e. The van der Waals surface area contributed by atoms with Gasteiger partial charge in [-0.2, -0.15) is 0 Å². The Hall–Kier alpha value is -1.95. The molecule has 6 nitrogen and oxygen atoms in total. The Bertz CT molecular complexity index is 503. The van der Waals surface area contributed by atoms with Crippen LogP contribution < -0.4 is 5.73 Å². The van der Waals surface area contributed by atoms with E-state index in [0.717, 1.165) is 5.69 Å². The standard InChI is InChI=1S/C12H15N3O3/c1-8-6-9(2-4-14-8)10(16)15-5-3-12(13,7-15)11(17)18/h2,4,6H,3,5,7,13H2,1H3,(H,17,18). The molecule has 0 spiro atoms. The molecular formula is C12H15N3O3. The Kier molecular flexibility index (Phi) is 3.04. The number of aliphatic carboxylic acids is 1. The molecule has 2 heterocycles. The van der Waals surface area contributed by atoms with Crippen LogP contribution in [0, 0.1) is 6.92 Å². The molecule has 1 fully saturated rings. The molecule has 0 aliphatic carbocycles. The van der Waals surface area contributed by atoms with E-state index in [9.17, 15) is 9.59 Å². The van der Waals surface area contributed by atoms with E-state index in [1.807, 2.05) is 0 Å². The van der Waals surface area contributed by atoms with E-state index in [1.54, 1.807) is 25.3 Å². The van der Waals surface area contributed by atoms with Crippen LogP contribution in [-0.2, 0) is 4.79 Å². The minimum atomic E-state index is -1.32. The number of nitrogens with zero attached hydrogens (tertiary/aromatic N) is 2. The Labute approximate surface area is 104 Å². The Morgan fingerprint density at radius 3 is 2.83 bits per heavy atom. The maximum absolute atomic E-state index is 12.2. The number of likely N-dealkylation sites (tertiary alicyclic amines) is 1. The predicted octanol–water partition coefficient (Wildman–Crippen LogP) is 0.0180. The molecule has 1 aromatic heterocycles. The fourth-order valence-electron chi connectivity index (χ4n) is 2.04. The Morgan fingerprint density at radius 1 is 1.56 bits per heavy atom. The largest absolute Gasteiger partial charge is 0.480 e. The fraction of sp³-hybridized carbons (Fsp3) is 0.417.